The second-order valence-corrected chi connectivity index (χ2v) is 5.69. The van der Waals surface area contributed by atoms with Crippen LogP contribution in [0.2, 0.25) is 0 Å². The van der Waals surface area contributed by atoms with Gasteiger partial charge in [-0.3, -0.25) is 4.90 Å². The van der Waals surface area contributed by atoms with Gasteiger partial charge in [0.1, 0.15) is 11.6 Å². The maximum Gasteiger partial charge on any atom is 0.130 e. The van der Waals surface area contributed by atoms with Gasteiger partial charge in [0.05, 0.1) is 0 Å². The number of nitrogens with zero attached hydrogens (tertiary/aromatic N) is 1. The number of hydrogen-bond donors (Lipinski definition) is 1. The summed E-state index contributed by atoms with van der Waals surface area (Å²) in [5.41, 5.74) is 0.213. The van der Waals surface area contributed by atoms with E-state index in [-0.39, 0.29) is 5.56 Å². The summed E-state index contributed by atoms with van der Waals surface area (Å²) >= 11 is 0. The lowest BCUT2D eigenvalue weighted by Crippen LogP contribution is -2.51. The molecule has 0 aromatic heterocycles. The van der Waals surface area contributed by atoms with Gasteiger partial charge >= 0.3 is 0 Å². The third-order valence-corrected chi connectivity index (χ3v) is 4.42. The summed E-state index contributed by atoms with van der Waals surface area (Å²) < 4.78 is 27.3. The molecule has 0 amide bonds. The van der Waals surface area contributed by atoms with Gasteiger partial charge < -0.3 is 5.32 Å². The molecule has 104 valence electrons. The van der Waals surface area contributed by atoms with E-state index < -0.39 is 11.6 Å². The molecule has 0 radical (unpaired) electrons. The SMILES string of the molecule is Fc1cccc(F)c1CN1CCC2NCCCC2C1. The van der Waals surface area contributed by atoms with E-state index >= 15 is 0 Å². The molecule has 0 saturated carbocycles. The Morgan fingerprint density at radius 2 is 2.00 bits per heavy atom. The van der Waals surface area contributed by atoms with E-state index in [9.17, 15) is 8.78 Å². The van der Waals surface area contributed by atoms with Crippen molar-refractivity contribution in [2.24, 2.45) is 5.92 Å². The maximum absolute atomic E-state index is 13.7. The van der Waals surface area contributed by atoms with Gasteiger partial charge in [-0.05, 0) is 50.4 Å². The van der Waals surface area contributed by atoms with E-state index in [2.05, 4.69) is 10.2 Å². The van der Waals surface area contributed by atoms with Gasteiger partial charge in [0.2, 0.25) is 0 Å². The van der Waals surface area contributed by atoms with Crippen LogP contribution < -0.4 is 5.32 Å². The number of halogens is 2. The lowest BCUT2D eigenvalue weighted by atomic mass is 9.85. The molecule has 19 heavy (non-hydrogen) atoms. The third-order valence-electron chi connectivity index (χ3n) is 4.42. The molecule has 2 nitrogen and oxygen atoms in total. The van der Waals surface area contributed by atoms with Crippen LogP contribution in [0.4, 0.5) is 8.78 Å². The average Bonchev–Trinajstić information content (AvgIpc) is 2.43. The highest BCUT2D eigenvalue weighted by molar-refractivity contribution is 5.19. The summed E-state index contributed by atoms with van der Waals surface area (Å²) in [5, 5.41) is 3.55. The van der Waals surface area contributed by atoms with Crippen molar-refractivity contribution in [3.05, 3.63) is 35.4 Å². The first kappa shape index (κ1) is 13.0. The van der Waals surface area contributed by atoms with Gasteiger partial charge in [-0.25, -0.2) is 8.78 Å². The lowest BCUT2D eigenvalue weighted by Gasteiger charge is -2.41. The monoisotopic (exact) mass is 266 g/mol. The first-order chi connectivity index (χ1) is 9.24. The average molecular weight is 266 g/mol. The number of hydrogen-bond acceptors (Lipinski definition) is 2. The van der Waals surface area contributed by atoms with Gasteiger partial charge in [0.15, 0.2) is 0 Å². The number of fused-ring (bicyclic) bond motifs is 1. The van der Waals surface area contributed by atoms with Crippen LogP contribution in [-0.2, 0) is 6.54 Å². The van der Waals surface area contributed by atoms with E-state index in [1.807, 2.05) is 0 Å². The maximum atomic E-state index is 13.7. The Hall–Kier alpha value is -1.00. The number of benzene rings is 1. The largest absolute Gasteiger partial charge is 0.314 e. The number of nitrogens with one attached hydrogen (secondary N) is 1. The molecule has 1 N–H and O–H groups in total. The van der Waals surface area contributed by atoms with Gasteiger partial charge in [-0.1, -0.05) is 6.07 Å². The Kier molecular flexibility index (Phi) is 3.80. The molecule has 2 saturated heterocycles. The van der Waals surface area contributed by atoms with Gasteiger partial charge in [0, 0.05) is 24.7 Å². The summed E-state index contributed by atoms with van der Waals surface area (Å²) in [6.07, 6.45) is 3.53. The molecule has 2 unspecified atom stereocenters. The molecule has 4 heteroatoms. The number of rotatable bonds is 2. The highest BCUT2D eigenvalue weighted by Gasteiger charge is 2.31. The first-order valence-electron chi connectivity index (χ1n) is 7.12. The predicted molar refractivity (Wildman–Crippen MR) is 70.8 cm³/mol. The van der Waals surface area contributed by atoms with Crippen molar-refractivity contribution in [2.75, 3.05) is 19.6 Å². The number of likely N-dealkylation sites (tertiary alicyclic amines) is 1. The van der Waals surface area contributed by atoms with E-state index in [4.69, 9.17) is 0 Å². The summed E-state index contributed by atoms with van der Waals surface area (Å²) in [4.78, 5) is 2.19. The lowest BCUT2D eigenvalue weighted by molar-refractivity contribution is 0.107. The Morgan fingerprint density at radius 3 is 2.79 bits per heavy atom. The Morgan fingerprint density at radius 1 is 1.21 bits per heavy atom. The van der Waals surface area contributed by atoms with Crippen LogP contribution in [0.5, 0.6) is 0 Å². The van der Waals surface area contributed by atoms with Crippen molar-refractivity contribution in [2.45, 2.75) is 31.8 Å². The van der Waals surface area contributed by atoms with Crippen LogP contribution in [0.15, 0.2) is 18.2 Å². The van der Waals surface area contributed by atoms with Crippen molar-refractivity contribution >= 4 is 0 Å². The zero-order chi connectivity index (χ0) is 13.2. The molecule has 1 aromatic carbocycles. The second-order valence-electron chi connectivity index (χ2n) is 5.69. The molecule has 2 aliphatic rings. The normalized spacial score (nSPS) is 28.1. The van der Waals surface area contributed by atoms with Crippen molar-refractivity contribution in [3.8, 4) is 0 Å². The van der Waals surface area contributed by atoms with Crippen molar-refractivity contribution in [1.29, 1.82) is 0 Å². The minimum Gasteiger partial charge on any atom is -0.314 e. The van der Waals surface area contributed by atoms with Crippen LogP contribution in [0.25, 0.3) is 0 Å². The molecule has 2 aliphatic heterocycles. The molecule has 2 atom stereocenters. The zero-order valence-electron chi connectivity index (χ0n) is 11.0. The highest BCUT2D eigenvalue weighted by atomic mass is 19.1. The van der Waals surface area contributed by atoms with Crippen LogP contribution in [0, 0.1) is 17.6 Å². The van der Waals surface area contributed by atoms with Gasteiger partial charge in [-0.15, -0.1) is 0 Å². The molecule has 2 heterocycles. The molecule has 2 fully saturated rings. The molecule has 3 rings (SSSR count). The Bertz CT molecular complexity index is 430. The molecule has 0 spiro atoms. The number of piperidine rings is 2. The molecule has 0 bridgehead atoms. The summed E-state index contributed by atoms with van der Waals surface area (Å²) in [6, 6.07) is 4.71. The highest BCUT2D eigenvalue weighted by Crippen LogP contribution is 2.26. The molecular weight excluding hydrogens is 246 g/mol. The van der Waals surface area contributed by atoms with Crippen LogP contribution in [0.1, 0.15) is 24.8 Å². The van der Waals surface area contributed by atoms with Gasteiger partial charge in [0.25, 0.3) is 0 Å². The Labute approximate surface area is 112 Å². The summed E-state index contributed by atoms with van der Waals surface area (Å²) in [7, 11) is 0. The predicted octanol–water partition coefficient (Wildman–Crippen LogP) is 2.54. The zero-order valence-corrected chi connectivity index (χ0v) is 11.0. The molecular formula is C15H20F2N2. The van der Waals surface area contributed by atoms with Crippen LogP contribution in [0.3, 0.4) is 0 Å². The minimum atomic E-state index is -0.427. The smallest absolute Gasteiger partial charge is 0.130 e. The fourth-order valence-electron chi connectivity index (χ4n) is 3.37. The second kappa shape index (κ2) is 5.55. The van der Waals surface area contributed by atoms with Crippen LogP contribution >= 0.6 is 0 Å². The van der Waals surface area contributed by atoms with Crippen molar-refractivity contribution < 1.29 is 8.78 Å². The molecule has 1 aromatic rings. The van der Waals surface area contributed by atoms with Crippen molar-refractivity contribution in [3.63, 3.8) is 0 Å². The van der Waals surface area contributed by atoms with E-state index in [0.29, 0.717) is 18.5 Å². The topological polar surface area (TPSA) is 15.3 Å². The quantitative estimate of drug-likeness (QED) is 0.885. The summed E-state index contributed by atoms with van der Waals surface area (Å²) in [5.74, 6) is -0.217. The molecule has 0 aliphatic carbocycles. The first-order valence-corrected chi connectivity index (χ1v) is 7.12. The fourth-order valence-corrected chi connectivity index (χ4v) is 3.37. The van der Waals surface area contributed by atoms with E-state index in [1.165, 1.54) is 31.0 Å². The third kappa shape index (κ3) is 2.79. The van der Waals surface area contributed by atoms with E-state index in [0.717, 1.165) is 26.1 Å². The fraction of sp³-hybridized carbons (Fsp3) is 0.600. The van der Waals surface area contributed by atoms with Crippen LogP contribution in [-0.4, -0.2) is 30.6 Å². The van der Waals surface area contributed by atoms with Crippen molar-refractivity contribution in [1.82, 2.24) is 10.2 Å². The minimum absolute atomic E-state index is 0.213. The Balaban J connectivity index is 1.67. The van der Waals surface area contributed by atoms with Gasteiger partial charge in [-0.2, -0.15) is 0 Å². The van der Waals surface area contributed by atoms with E-state index in [1.54, 1.807) is 0 Å². The standard InChI is InChI=1S/C15H20F2N2/c16-13-4-1-5-14(17)12(13)10-19-8-6-15-11(9-19)3-2-7-18-15/h1,4-5,11,15,18H,2-3,6-10H2. The summed E-state index contributed by atoms with van der Waals surface area (Å²) in [6.45, 7) is 3.37.